The smallest absolute Gasteiger partial charge is 0.0701 e. The van der Waals surface area contributed by atoms with Crippen LogP contribution < -0.4 is 5.32 Å². The molecule has 4 heteroatoms. The van der Waals surface area contributed by atoms with Gasteiger partial charge < -0.3 is 10.1 Å². The van der Waals surface area contributed by atoms with Gasteiger partial charge in [0.05, 0.1) is 9.39 Å². The molecule has 0 aromatic carbocycles. The maximum Gasteiger partial charge on any atom is 0.0701 e. The molecule has 2 atom stereocenters. The second-order valence-electron chi connectivity index (χ2n) is 6.25. The van der Waals surface area contributed by atoms with E-state index in [1.807, 2.05) is 0 Å². The summed E-state index contributed by atoms with van der Waals surface area (Å²) in [6.45, 7) is 4.29. The molecule has 1 aromatic rings. The normalized spacial score (nSPS) is 26.4. The molecule has 112 valence electrons. The zero-order chi connectivity index (χ0) is 14.0. The van der Waals surface area contributed by atoms with Crippen molar-refractivity contribution in [2.75, 3.05) is 13.2 Å². The van der Waals surface area contributed by atoms with E-state index in [2.05, 4.69) is 39.6 Å². The number of hydrogen-bond donors (Lipinski definition) is 1. The zero-order valence-corrected chi connectivity index (χ0v) is 14.6. The lowest BCUT2D eigenvalue weighted by atomic mass is 9.70. The highest BCUT2D eigenvalue weighted by molar-refractivity contribution is 9.11. The molecule has 20 heavy (non-hydrogen) atoms. The molecule has 3 rings (SSSR count). The molecular formula is C16H24BrNOS. The fourth-order valence-electron chi connectivity index (χ4n) is 3.61. The van der Waals surface area contributed by atoms with E-state index < -0.39 is 0 Å². The SMILES string of the molecule is CCCNC(c1csc(Br)c1)C1CCOC2(CCC2)C1. The van der Waals surface area contributed by atoms with Crippen LogP contribution in [0, 0.1) is 5.92 Å². The summed E-state index contributed by atoms with van der Waals surface area (Å²) in [6, 6.07) is 2.79. The van der Waals surface area contributed by atoms with Crippen molar-refractivity contribution < 1.29 is 4.74 Å². The van der Waals surface area contributed by atoms with Crippen molar-refractivity contribution in [2.45, 2.75) is 57.1 Å². The molecule has 2 aliphatic rings. The maximum atomic E-state index is 6.09. The summed E-state index contributed by atoms with van der Waals surface area (Å²) in [7, 11) is 0. The quantitative estimate of drug-likeness (QED) is 0.808. The molecule has 1 aliphatic carbocycles. The van der Waals surface area contributed by atoms with E-state index in [1.165, 1.54) is 47.9 Å². The fourth-order valence-corrected chi connectivity index (χ4v) is 4.82. The summed E-state index contributed by atoms with van der Waals surface area (Å²) >= 11 is 5.40. The summed E-state index contributed by atoms with van der Waals surface area (Å²) in [5.41, 5.74) is 1.69. The van der Waals surface area contributed by atoms with Gasteiger partial charge in [0.15, 0.2) is 0 Å². The molecule has 0 radical (unpaired) electrons. The minimum atomic E-state index is 0.238. The molecule has 2 fully saturated rings. The lowest BCUT2D eigenvalue weighted by Gasteiger charge is -2.49. The largest absolute Gasteiger partial charge is 0.375 e. The topological polar surface area (TPSA) is 21.3 Å². The maximum absolute atomic E-state index is 6.09. The van der Waals surface area contributed by atoms with Crippen LogP contribution in [0.1, 0.15) is 57.1 Å². The minimum absolute atomic E-state index is 0.238. The van der Waals surface area contributed by atoms with Gasteiger partial charge >= 0.3 is 0 Å². The third-order valence-corrected chi connectivity index (χ3v) is 6.35. The molecule has 1 aliphatic heterocycles. The van der Waals surface area contributed by atoms with Crippen LogP contribution in [-0.4, -0.2) is 18.8 Å². The van der Waals surface area contributed by atoms with Crippen molar-refractivity contribution in [3.8, 4) is 0 Å². The van der Waals surface area contributed by atoms with E-state index in [1.54, 1.807) is 11.3 Å². The van der Waals surface area contributed by atoms with Gasteiger partial charge in [-0.25, -0.2) is 0 Å². The van der Waals surface area contributed by atoms with Crippen LogP contribution in [0.5, 0.6) is 0 Å². The van der Waals surface area contributed by atoms with Crippen molar-refractivity contribution in [1.29, 1.82) is 0 Å². The van der Waals surface area contributed by atoms with Crippen LogP contribution in [-0.2, 0) is 4.74 Å². The van der Waals surface area contributed by atoms with Crippen molar-refractivity contribution in [2.24, 2.45) is 5.92 Å². The van der Waals surface area contributed by atoms with Crippen molar-refractivity contribution in [3.63, 3.8) is 0 Å². The number of thiophene rings is 1. The molecule has 1 N–H and O–H groups in total. The van der Waals surface area contributed by atoms with Crippen LogP contribution in [0.3, 0.4) is 0 Å². The summed E-state index contributed by atoms with van der Waals surface area (Å²) < 4.78 is 7.33. The second kappa shape index (κ2) is 6.47. The van der Waals surface area contributed by atoms with Crippen LogP contribution in [0.4, 0.5) is 0 Å². The van der Waals surface area contributed by atoms with Gasteiger partial charge in [0.1, 0.15) is 0 Å². The minimum Gasteiger partial charge on any atom is -0.375 e. The number of nitrogens with one attached hydrogen (secondary N) is 1. The highest BCUT2D eigenvalue weighted by Gasteiger charge is 2.44. The Morgan fingerprint density at radius 2 is 2.40 bits per heavy atom. The van der Waals surface area contributed by atoms with E-state index >= 15 is 0 Å². The molecule has 1 saturated carbocycles. The molecule has 1 aromatic heterocycles. The first kappa shape index (κ1) is 15.0. The van der Waals surface area contributed by atoms with Gasteiger partial charge in [-0.3, -0.25) is 0 Å². The molecule has 1 spiro atoms. The molecular weight excluding hydrogens is 334 g/mol. The van der Waals surface area contributed by atoms with Crippen molar-refractivity contribution in [1.82, 2.24) is 5.32 Å². The Hall–Kier alpha value is 0.1000. The van der Waals surface area contributed by atoms with Crippen molar-refractivity contribution in [3.05, 3.63) is 20.8 Å². The van der Waals surface area contributed by atoms with Crippen LogP contribution in [0.2, 0.25) is 0 Å². The Morgan fingerprint density at radius 3 is 3.00 bits per heavy atom. The van der Waals surface area contributed by atoms with Gasteiger partial charge in [0, 0.05) is 12.6 Å². The van der Waals surface area contributed by atoms with Crippen LogP contribution in [0.25, 0.3) is 0 Å². The number of rotatable bonds is 5. The van der Waals surface area contributed by atoms with E-state index in [9.17, 15) is 0 Å². The monoisotopic (exact) mass is 357 g/mol. The standard InChI is InChI=1S/C16H24BrNOS/c1-2-7-18-15(13-9-14(17)20-11-13)12-4-8-19-16(10-12)5-3-6-16/h9,11-12,15,18H,2-8,10H2,1H3. The molecule has 2 heterocycles. The first-order chi connectivity index (χ1) is 9.72. The molecule has 1 saturated heterocycles. The van der Waals surface area contributed by atoms with Crippen LogP contribution >= 0.6 is 27.3 Å². The van der Waals surface area contributed by atoms with E-state index in [-0.39, 0.29) is 5.60 Å². The summed E-state index contributed by atoms with van der Waals surface area (Å²) in [4.78, 5) is 0. The average Bonchev–Trinajstić information content (AvgIpc) is 2.84. The lowest BCUT2D eigenvalue weighted by Crippen LogP contribution is -2.48. The summed E-state index contributed by atoms with van der Waals surface area (Å²) in [5.74, 6) is 0.720. The Morgan fingerprint density at radius 1 is 1.55 bits per heavy atom. The summed E-state index contributed by atoms with van der Waals surface area (Å²) in [6.07, 6.45) is 7.52. The number of halogens is 1. The Kier molecular flexibility index (Phi) is 4.86. The van der Waals surface area contributed by atoms with Gasteiger partial charge in [0.25, 0.3) is 0 Å². The van der Waals surface area contributed by atoms with Crippen LogP contribution in [0.15, 0.2) is 15.2 Å². The Balaban J connectivity index is 1.74. The Labute approximate surface area is 134 Å². The Bertz CT molecular complexity index is 443. The predicted octanol–water partition coefficient (Wildman–Crippen LogP) is 4.90. The van der Waals surface area contributed by atoms with Gasteiger partial charge in [-0.05, 0) is 83.9 Å². The molecule has 0 amide bonds. The predicted molar refractivity (Wildman–Crippen MR) is 88.3 cm³/mol. The van der Waals surface area contributed by atoms with Crippen molar-refractivity contribution >= 4 is 27.3 Å². The molecule has 2 nitrogen and oxygen atoms in total. The summed E-state index contributed by atoms with van der Waals surface area (Å²) in [5, 5.41) is 6.09. The number of ether oxygens (including phenoxy) is 1. The zero-order valence-electron chi connectivity index (χ0n) is 12.2. The third kappa shape index (κ3) is 3.13. The fraction of sp³-hybridized carbons (Fsp3) is 0.750. The van der Waals surface area contributed by atoms with E-state index in [4.69, 9.17) is 4.74 Å². The molecule has 0 bridgehead atoms. The highest BCUT2D eigenvalue weighted by Crippen LogP contribution is 2.47. The van der Waals surface area contributed by atoms with Gasteiger partial charge in [-0.2, -0.15) is 0 Å². The third-order valence-electron chi connectivity index (χ3n) is 4.83. The number of hydrogen-bond acceptors (Lipinski definition) is 3. The first-order valence-electron chi connectivity index (χ1n) is 7.84. The van der Waals surface area contributed by atoms with Gasteiger partial charge in [0.2, 0.25) is 0 Å². The molecule has 2 unspecified atom stereocenters. The van der Waals surface area contributed by atoms with Gasteiger partial charge in [-0.1, -0.05) is 6.92 Å². The van der Waals surface area contributed by atoms with E-state index in [0.717, 1.165) is 19.1 Å². The van der Waals surface area contributed by atoms with E-state index in [0.29, 0.717) is 6.04 Å². The highest BCUT2D eigenvalue weighted by atomic mass is 79.9. The lowest BCUT2D eigenvalue weighted by molar-refractivity contribution is -0.147. The average molecular weight is 358 g/mol. The second-order valence-corrected chi connectivity index (χ2v) is 8.54. The van der Waals surface area contributed by atoms with Gasteiger partial charge in [-0.15, -0.1) is 11.3 Å². The first-order valence-corrected chi connectivity index (χ1v) is 9.51.